The van der Waals surface area contributed by atoms with E-state index in [2.05, 4.69) is 4.72 Å². The normalized spacial score (nSPS) is 17.1. The van der Waals surface area contributed by atoms with Gasteiger partial charge in [0, 0.05) is 25.1 Å². The second-order valence-corrected chi connectivity index (χ2v) is 7.59. The van der Waals surface area contributed by atoms with Gasteiger partial charge in [-0.05, 0) is 55.9 Å². The summed E-state index contributed by atoms with van der Waals surface area (Å²) in [5, 5.41) is 0.840. The number of furan rings is 1. The molecule has 0 amide bonds. The number of fused-ring (bicyclic) bond motifs is 1. The zero-order valence-electron chi connectivity index (χ0n) is 12.7. The van der Waals surface area contributed by atoms with E-state index < -0.39 is 10.0 Å². The first kappa shape index (κ1) is 15.5. The summed E-state index contributed by atoms with van der Waals surface area (Å²) in [7, 11) is -3.47. The van der Waals surface area contributed by atoms with E-state index in [0.29, 0.717) is 18.0 Å². The Hall–Kier alpha value is -1.37. The van der Waals surface area contributed by atoms with Gasteiger partial charge < -0.3 is 9.15 Å². The molecule has 1 aromatic heterocycles. The number of rotatable bonds is 5. The predicted molar refractivity (Wildman–Crippen MR) is 84.3 cm³/mol. The van der Waals surface area contributed by atoms with Crippen molar-refractivity contribution in [3.63, 3.8) is 0 Å². The Morgan fingerprint density at radius 3 is 2.82 bits per heavy atom. The lowest BCUT2D eigenvalue weighted by atomic mass is 9.97. The van der Waals surface area contributed by atoms with Gasteiger partial charge >= 0.3 is 0 Å². The maximum absolute atomic E-state index is 12.4. The van der Waals surface area contributed by atoms with Gasteiger partial charge in [0.25, 0.3) is 0 Å². The van der Waals surface area contributed by atoms with E-state index in [0.717, 1.165) is 43.4 Å². The molecule has 1 aliphatic rings. The molecule has 2 aromatic rings. The number of ether oxygens (including phenoxy) is 1. The number of nitrogens with one attached hydrogen (secondary N) is 1. The Morgan fingerprint density at radius 2 is 2.05 bits per heavy atom. The van der Waals surface area contributed by atoms with Gasteiger partial charge in [-0.3, -0.25) is 0 Å². The maximum Gasteiger partial charge on any atom is 0.240 e. The first-order valence-corrected chi connectivity index (χ1v) is 9.10. The topological polar surface area (TPSA) is 68.5 Å². The summed E-state index contributed by atoms with van der Waals surface area (Å²) in [5.41, 5.74) is 1.65. The molecule has 22 heavy (non-hydrogen) atoms. The number of hydrogen-bond acceptors (Lipinski definition) is 4. The molecule has 0 radical (unpaired) electrons. The van der Waals surface area contributed by atoms with Crippen molar-refractivity contribution in [1.82, 2.24) is 4.72 Å². The molecule has 0 spiro atoms. The Kier molecular flexibility index (Phi) is 4.52. The summed E-state index contributed by atoms with van der Waals surface area (Å²) in [6.07, 6.45) is 4.53. The molecule has 1 aliphatic heterocycles. The molecule has 1 aromatic carbocycles. The van der Waals surface area contributed by atoms with Crippen LogP contribution in [0.4, 0.5) is 0 Å². The molecule has 5 nitrogen and oxygen atoms in total. The van der Waals surface area contributed by atoms with Crippen LogP contribution >= 0.6 is 0 Å². The van der Waals surface area contributed by atoms with E-state index in [1.165, 1.54) is 0 Å². The second-order valence-electron chi connectivity index (χ2n) is 5.82. The average molecular weight is 323 g/mol. The van der Waals surface area contributed by atoms with Gasteiger partial charge in [-0.1, -0.05) is 0 Å². The van der Waals surface area contributed by atoms with Crippen LogP contribution in [0, 0.1) is 12.8 Å². The molecule has 1 fully saturated rings. The van der Waals surface area contributed by atoms with Gasteiger partial charge in [0.2, 0.25) is 10.0 Å². The minimum atomic E-state index is -3.47. The van der Waals surface area contributed by atoms with Crippen molar-refractivity contribution in [2.45, 2.75) is 31.1 Å². The lowest BCUT2D eigenvalue weighted by molar-refractivity contribution is 0.0644. The summed E-state index contributed by atoms with van der Waals surface area (Å²) in [6, 6.07) is 4.96. The van der Waals surface area contributed by atoms with Gasteiger partial charge in [0.05, 0.1) is 11.2 Å². The Morgan fingerprint density at radius 1 is 1.27 bits per heavy atom. The smallest absolute Gasteiger partial charge is 0.240 e. The standard InChI is InChI=1S/C16H21NO4S/c1-12-11-21-16-3-2-14(10-15(12)16)22(18,19)17-7-4-13-5-8-20-9-6-13/h2-3,10-11,13,17H,4-9H2,1H3. The fourth-order valence-corrected chi connectivity index (χ4v) is 3.89. The van der Waals surface area contributed by atoms with Crippen LogP contribution in [-0.4, -0.2) is 28.2 Å². The number of sulfonamides is 1. The number of hydrogen-bond donors (Lipinski definition) is 1. The summed E-state index contributed by atoms with van der Waals surface area (Å²) in [4.78, 5) is 0.288. The molecule has 0 saturated carbocycles. The lowest BCUT2D eigenvalue weighted by Crippen LogP contribution is -2.27. The maximum atomic E-state index is 12.4. The number of aryl methyl sites for hydroxylation is 1. The SMILES string of the molecule is Cc1coc2ccc(S(=O)(=O)NCCC3CCOCC3)cc12. The van der Waals surface area contributed by atoms with E-state index in [-0.39, 0.29) is 4.90 Å². The molecule has 1 N–H and O–H groups in total. The van der Waals surface area contributed by atoms with E-state index in [1.54, 1.807) is 24.5 Å². The molecular weight excluding hydrogens is 302 g/mol. The second kappa shape index (κ2) is 6.40. The Bertz CT molecular complexity index is 745. The zero-order chi connectivity index (χ0) is 15.6. The summed E-state index contributed by atoms with van der Waals surface area (Å²) < 4.78 is 38.1. The van der Waals surface area contributed by atoms with Crippen molar-refractivity contribution in [3.05, 3.63) is 30.0 Å². The third kappa shape index (κ3) is 3.34. The van der Waals surface area contributed by atoms with E-state index in [9.17, 15) is 8.42 Å². The van der Waals surface area contributed by atoms with Crippen molar-refractivity contribution in [2.75, 3.05) is 19.8 Å². The Labute approximate surface area is 130 Å². The largest absolute Gasteiger partial charge is 0.464 e. The molecule has 6 heteroatoms. The highest BCUT2D eigenvalue weighted by molar-refractivity contribution is 7.89. The molecule has 0 bridgehead atoms. The van der Waals surface area contributed by atoms with Crippen LogP contribution in [0.1, 0.15) is 24.8 Å². The van der Waals surface area contributed by atoms with Gasteiger partial charge in [-0.25, -0.2) is 13.1 Å². The van der Waals surface area contributed by atoms with Crippen LogP contribution in [-0.2, 0) is 14.8 Å². The predicted octanol–water partition coefficient (Wildman–Crippen LogP) is 2.84. The van der Waals surface area contributed by atoms with E-state index >= 15 is 0 Å². The number of benzene rings is 1. The quantitative estimate of drug-likeness (QED) is 0.918. The van der Waals surface area contributed by atoms with Crippen LogP contribution in [0.3, 0.4) is 0 Å². The van der Waals surface area contributed by atoms with Gasteiger partial charge in [-0.15, -0.1) is 0 Å². The third-order valence-corrected chi connectivity index (χ3v) is 5.69. The summed E-state index contributed by atoms with van der Waals surface area (Å²) in [6.45, 7) is 3.94. The highest BCUT2D eigenvalue weighted by Gasteiger charge is 2.18. The molecule has 3 rings (SSSR count). The highest BCUT2D eigenvalue weighted by Crippen LogP contribution is 2.24. The van der Waals surface area contributed by atoms with Crippen LogP contribution in [0.25, 0.3) is 11.0 Å². The molecule has 0 atom stereocenters. The molecule has 120 valence electrons. The van der Waals surface area contributed by atoms with Crippen LogP contribution < -0.4 is 4.72 Å². The average Bonchev–Trinajstić information content (AvgIpc) is 2.89. The molecular formula is C16H21NO4S. The highest BCUT2D eigenvalue weighted by atomic mass is 32.2. The van der Waals surface area contributed by atoms with Gasteiger partial charge in [0.15, 0.2) is 0 Å². The van der Waals surface area contributed by atoms with Crippen molar-refractivity contribution in [1.29, 1.82) is 0 Å². The van der Waals surface area contributed by atoms with Crippen molar-refractivity contribution in [2.24, 2.45) is 5.92 Å². The van der Waals surface area contributed by atoms with Gasteiger partial charge in [-0.2, -0.15) is 0 Å². The molecule has 2 heterocycles. The molecule has 0 aliphatic carbocycles. The minimum Gasteiger partial charge on any atom is -0.464 e. The third-order valence-electron chi connectivity index (χ3n) is 4.23. The van der Waals surface area contributed by atoms with Crippen LogP contribution in [0.5, 0.6) is 0 Å². The van der Waals surface area contributed by atoms with Crippen LogP contribution in [0.15, 0.2) is 33.8 Å². The van der Waals surface area contributed by atoms with Crippen LogP contribution in [0.2, 0.25) is 0 Å². The zero-order valence-corrected chi connectivity index (χ0v) is 13.5. The lowest BCUT2D eigenvalue weighted by Gasteiger charge is -2.21. The van der Waals surface area contributed by atoms with Crippen molar-refractivity contribution >= 4 is 21.0 Å². The van der Waals surface area contributed by atoms with Crippen molar-refractivity contribution in [3.8, 4) is 0 Å². The van der Waals surface area contributed by atoms with E-state index in [1.807, 2.05) is 6.92 Å². The Balaban J connectivity index is 1.66. The summed E-state index contributed by atoms with van der Waals surface area (Å²) >= 11 is 0. The first-order chi connectivity index (χ1) is 10.6. The fourth-order valence-electron chi connectivity index (χ4n) is 2.82. The molecule has 1 saturated heterocycles. The minimum absolute atomic E-state index is 0.288. The fraction of sp³-hybridized carbons (Fsp3) is 0.500. The first-order valence-electron chi connectivity index (χ1n) is 7.61. The van der Waals surface area contributed by atoms with Crippen molar-refractivity contribution < 1.29 is 17.6 Å². The van der Waals surface area contributed by atoms with Gasteiger partial charge in [0.1, 0.15) is 5.58 Å². The van der Waals surface area contributed by atoms with E-state index in [4.69, 9.17) is 9.15 Å². The molecule has 0 unspecified atom stereocenters. The summed E-state index contributed by atoms with van der Waals surface area (Å²) in [5.74, 6) is 0.551. The monoisotopic (exact) mass is 323 g/mol.